The molecule has 2 fully saturated rings. The van der Waals surface area contributed by atoms with Crippen LogP contribution in [0.5, 0.6) is 0 Å². The van der Waals surface area contributed by atoms with E-state index < -0.39 is 17.7 Å². The zero-order chi connectivity index (χ0) is 14.9. The molecule has 2 saturated heterocycles. The van der Waals surface area contributed by atoms with Crippen LogP contribution in [0, 0.1) is 0 Å². The van der Waals surface area contributed by atoms with Crippen molar-refractivity contribution in [3.63, 3.8) is 0 Å². The van der Waals surface area contributed by atoms with Gasteiger partial charge in [-0.1, -0.05) is 6.58 Å². The molecule has 0 aromatic carbocycles. The van der Waals surface area contributed by atoms with Crippen molar-refractivity contribution in [1.82, 2.24) is 5.32 Å². The molecule has 0 aromatic rings. The molecule has 2 aliphatic heterocycles. The minimum absolute atomic E-state index is 0.216. The van der Waals surface area contributed by atoms with Gasteiger partial charge in [-0.15, -0.1) is 0 Å². The number of amides is 1. The summed E-state index contributed by atoms with van der Waals surface area (Å²) in [7, 11) is 0. The molecule has 20 heavy (non-hydrogen) atoms. The van der Waals surface area contributed by atoms with Crippen LogP contribution in [0.2, 0.25) is 0 Å². The first-order valence-electron chi connectivity index (χ1n) is 6.68. The van der Waals surface area contributed by atoms with Crippen molar-refractivity contribution in [3.05, 3.63) is 12.2 Å². The van der Waals surface area contributed by atoms with Gasteiger partial charge in [-0.05, 0) is 13.3 Å². The summed E-state index contributed by atoms with van der Waals surface area (Å²) in [6, 6.07) is 0. The SMILES string of the molecule is C=C(C)C(=O)NCCC(N)(C(O)C1CO1)C(O)C1CO1. The third-order valence-corrected chi connectivity index (χ3v) is 3.76. The largest absolute Gasteiger partial charge is 0.388 e. The standard InChI is InChI=1S/C13H22N2O5/c1-7(2)12(18)15-4-3-13(14,10(16)8-5-19-8)11(17)9-6-20-9/h8-11,16-17H,1,3-6,14H2,2H3,(H,15,18). The average Bonchev–Trinajstić information content (AvgIpc) is 3.29. The topological polar surface area (TPSA) is 121 Å². The van der Waals surface area contributed by atoms with E-state index in [1.54, 1.807) is 6.92 Å². The molecule has 0 spiro atoms. The molecule has 0 bridgehead atoms. The van der Waals surface area contributed by atoms with Crippen LogP contribution in [0.15, 0.2) is 12.2 Å². The second kappa shape index (κ2) is 5.79. The Labute approximate surface area is 117 Å². The quantitative estimate of drug-likeness (QED) is 0.311. The molecule has 7 heteroatoms. The van der Waals surface area contributed by atoms with Crippen LogP contribution < -0.4 is 11.1 Å². The molecule has 0 aliphatic carbocycles. The van der Waals surface area contributed by atoms with Crippen LogP contribution in [0.25, 0.3) is 0 Å². The molecule has 0 radical (unpaired) electrons. The number of aliphatic hydroxyl groups excluding tert-OH is 2. The van der Waals surface area contributed by atoms with E-state index in [-0.39, 0.29) is 31.1 Å². The summed E-state index contributed by atoms with van der Waals surface area (Å²) in [6.45, 7) is 6.22. The third kappa shape index (κ3) is 3.36. The summed E-state index contributed by atoms with van der Waals surface area (Å²) >= 11 is 0. The molecule has 114 valence electrons. The third-order valence-electron chi connectivity index (χ3n) is 3.76. The Kier molecular flexibility index (Phi) is 4.46. The number of ether oxygens (including phenoxy) is 2. The summed E-state index contributed by atoms with van der Waals surface area (Å²) in [5.74, 6) is -0.276. The average molecular weight is 286 g/mol. The molecule has 4 unspecified atom stereocenters. The van der Waals surface area contributed by atoms with E-state index in [2.05, 4.69) is 11.9 Å². The highest BCUT2D eigenvalue weighted by atomic mass is 16.6. The monoisotopic (exact) mass is 286 g/mol. The first kappa shape index (κ1) is 15.4. The molecule has 1 amide bonds. The Morgan fingerprint density at radius 2 is 1.85 bits per heavy atom. The van der Waals surface area contributed by atoms with Gasteiger partial charge in [-0.3, -0.25) is 4.79 Å². The fourth-order valence-corrected chi connectivity index (χ4v) is 2.18. The second-order valence-corrected chi connectivity index (χ2v) is 5.53. The van der Waals surface area contributed by atoms with Crippen molar-refractivity contribution in [2.45, 2.75) is 43.3 Å². The van der Waals surface area contributed by atoms with Crippen LogP contribution >= 0.6 is 0 Å². The van der Waals surface area contributed by atoms with E-state index in [0.717, 1.165) is 0 Å². The summed E-state index contributed by atoms with van der Waals surface area (Å²) in [5, 5.41) is 23.1. The van der Waals surface area contributed by atoms with Crippen molar-refractivity contribution in [1.29, 1.82) is 0 Å². The maximum Gasteiger partial charge on any atom is 0.246 e. The minimum Gasteiger partial charge on any atom is -0.388 e. The number of rotatable bonds is 8. The number of nitrogens with one attached hydrogen (secondary N) is 1. The first-order valence-corrected chi connectivity index (χ1v) is 6.68. The molecular formula is C13H22N2O5. The lowest BCUT2D eigenvalue weighted by Crippen LogP contribution is -2.64. The minimum atomic E-state index is -1.27. The van der Waals surface area contributed by atoms with Gasteiger partial charge in [0.25, 0.3) is 0 Å². The lowest BCUT2D eigenvalue weighted by atomic mass is 9.81. The molecule has 2 aliphatic rings. The molecule has 2 rings (SSSR count). The lowest BCUT2D eigenvalue weighted by molar-refractivity contribution is -0.117. The molecule has 2 heterocycles. The van der Waals surface area contributed by atoms with Crippen LogP contribution in [-0.4, -0.2) is 65.8 Å². The number of carbonyl (C=O) groups excluding carboxylic acids is 1. The fraction of sp³-hybridized carbons (Fsp3) is 0.769. The zero-order valence-electron chi connectivity index (χ0n) is 11.5. The zero-order valence-corrected chi connectivity index (χ0v) is 11.5. The number of carbonyl (C=O) groups is 1. The van der Waals surface area contributed by atoms with Crippen molar-refractivity contribution < 1.29 is 24.5 Å². The van der Waals surface area contributed by atoms with E-state index >= 15 is 0 Å². The predicted molar refractivity (Wildman–Crippen MR) is 70.9 cm³/mol. The number of epoxide rings is 2. The van der Waals surface area contributed by atoms with E-state index in [1.807, 2.05) is 0 Å². The van der Waals surface area contributed by atoms with Gasteiger partial charge in [0.05, 0.1) is 18.8 Å². The highest BCUT2D eigenvalue weighted by molar-refractivity contribution is 5.92. The van der Waals surface area contributed by atoms with Gasteiger partial charge in [0.15, 0.2) is 0 Å². The Morgan fingerprint density at radius 1 is 1.40 bits per heavy atom. The predicted octanol–water partition coefficient (Wildman–Crippen LogP) is -1.71. The first-order chi connectivity index (χ1) is 9.36. The summed E-state index contributed by atoms with van der Waals surface area (Å²) in [5.41, 5.74) is 5.32. The van der Waals surface area contributed by atoms with E-state index in [9.17, 15) is 15.0 Å². The summed E-state index contributed by atoms with van der Waals surface area (Å²) in [4.78, 5) is 11.4. The van der Waals surface area contributed by atoms with Gasteiger partial charge in [0, 0.05) is 12.1 Å². The van der Waals surface area contributed by atoms with Crippen molar-refractivity contribution in [2.75, 3.05) is 19.8 Å². The molecule has 0 saturated carbocycles. The highest BCUT2D eigenvalue weighted by Crippen LogP contribution is 2.32. The van der Waals surface area contributed by atoms with Gasteiger partial charge in [-0.2, -0.15) is 0 Å². The van der Waals surface area contributed by atoms with Crippen LogP contribution in [-0.2, 0) is 14.3 Å². The van der Waals surface area contributed by atoms with Gasteiger partial charge in [0.2, 0.25) is 5.91 Å². The van der Waals surface area contributed by atoms with E-state index in [0.29, 0.717) is 18.8 Å². The Balaban J connectivity index is 1.95. The van der Waals surface area contributed by atoms with E-state index in [4.69, 9.17) is 15.2 Å². The smallest absolute Gasteiger partial charge is 0.246 e. The maximum atomic E-state index is 11.4. The summed E-state index contributed by atoms with van der Waals surface area (Å²) < 4.78 is 10.1. The maximum absolute atomic E-state index is 11.4. The Morgan fingerprint density at radius 3 is 2.20 bits per heavy atom. The van der Waals surface area contributed by atoms with E-state index in [1.165, 1.54) is 0 Å². The number of nitrogens with two attached hydrogens (primary N) is 1. The van der Waals surface area contributed by atoms with Crippen molar-refractivity contribution in [2.24, 2.45) is 5.73 Å². The van der Waals surface area contributed by atoms with Gasteiger partial charge < -0.3 is 30.7 Å². The second-order valence-electron chi connectivity index (χ2n) is 5.53. The van der Waals surface area contributed by atoms with Crippen LogP contribution in [0.3, 0.4) is 0 Å². The molecular weight excluding hydrogens is 264 g/mol. The van der Waals surface area contributed by atoms with Gasteiger partial charge in [0.1, 0.15) is 24.4 Å². The number of hydrogen-bond donors (Lipinski definition) is 4. The van der Waals surface area contributed by atoms with Gasteiger partial charge in [-0.25, -0.2) is 0 Å². The highest BCUT2D eigenvalue weighted by Gasteiger charge is 2.53. The number of hydrogen-bond acceptors (Lipinski definition) is 6. The molecule has 5 N–H and O–H groups in total. The Bertz CT molecular complexity index is 374. The van der Waals surface area contributed by atoms with Gasteiger partial charge >= 0.3 is 0 Å². The Hall–Kier alpha value is -0.990. The fourth-order valence-electron chi connectivity index (χ4n) is 2.18. The molecule has 7 nitrogen and oxygen atoms in total. The molecule has 0 aromatic heterocycles. The normalized spacial score (nSPS) is 30.0. The lowest BCUT2D eigenvalue weighted by Gasteiger charge is -2.37. The van der Waals surface area contributed by atoms with Crippen molar-refractivity contribution >= 4 is 5.91 Å². The van der Waals surface area contributed by atoms with Crippen LogP contribution in [0.1, 0.15) is 13.3 Å². The van der Waals surface area contributed by atoms with Crippen LogP contribution in [0.4, 0.5) is 0 Å². The molecule has 4 atom stereocenters. The van der Waals surface area contributed by atoms with Crippen molar-refractivity contribution in [3.8, 4) is 0 Å². The summed E-state index contributed by atoms with van der Waals surface area (Å²) in [6.07, 6.45) is -2.49. The number of aliphatic hydroxyl groups is 2.